The van der Waals surface area contributed by atoms with Gasteiger partial charge in [0.25, 0.3) is 0 Å². The van der Waals surface area contributed by atoms with Gasteiger partial charge in [0, 0.05) is 31.0 Å². The molecule has 1 unspecified atom stereocenters. The molecule has 1 aromatic heterocycles. The predicted molar refractivity (Wildman–Crippen MR) is 107 cm³/mol. The first-order valence-corrected chi connectivity index (χ1v) is 11.3. The third-order valence-corrected chi connectivity index (χ3v) is 7.17. The first-order chi connectivity index (χ1) is 14.0. The number of nitrogens with zero attached hydrogens (tertiary/aromatic N) is 3. The molecular weight excluding hydrogens is 392 g/mol. The van der Waals surface area contributed by atoms with Crippen molar-refractivity contribution in [2.45, 2.75) is 50.0 Å². The zero-order chi connectivity index (χ0) is 20.4. The molecule has 9 heteroatoms. The van der Waals surface area contributed by atoms with Crippen molar-refractivity contribution in [3.05, 3.63) is 41.7 Å². The highest BCUT2D eigenvalue weighted by atomic mass is 32.2. The number of fused-ring (bicyclic) bond motifs is 1. The highest BCUT2D eigenvalue weighted by Crippen LogP contribution is 2.28. The Bertz CT molecular complexity index is 1010. The maximum absolute atomic E-state index is 13.2. The Morgan fingerprint density at radius 3 is 2.79 bits per heavy atom. The highest BCUT2D eigenvalue weighted by molar-refractivity contribution is 7.89. The van der Waals surface area contributed by atoms with Crippen molar-refractivity contribution in [3.8, 4) is 6.01 Å². The standard InChI is InChI=1S/C20H24N4O4S/c1-2-14-11-21-20(22-12-14)28-16-4-3-9-24(13-16)29(26,27)17-6-7-18-15(10-17)5-8-19(25)23-18/h6-7,10-12,16H,2-5,8-9,13H2,1H3,(H,23,25). The van der Waals surface area contributed by atoms with Crippen LogP contribution in [0.3, 0.4) is 0 Å². The zero-order valence-corrected chi connectivity index (χ0v) is 17.1. The van der Waals surface area contributed by atoms with Crippen molar-refractivity contribution in [3.63, 3.8) is 0 Å². The van der Waals surface area contributed by atoms with Gasteiger partial charge in [0.1, 0.15) is 6.10 Å². The Morgan fingerprint density at radius 1 is 1.24 bits per heavy atom. The van der Waals surface area contributed by atoms with Crippen LogP contribution in [0, 0.1) is 0 Å². The number of benzene rings is 1. The van der Waals surface area contributed by atoms with Crippen LogP contribution in [0.4, 0.5) is 5.69 Å². The molecule has 0 saturated carbocycles. The zero-order valence-electron chi connectivity index (χ0n) is 16.3. The molecule has 1 saturated heterocycles. The van der Waals surface area contributed by atoms with Crippen molar-refractivity contribution < 1.29 is 17.9 Å². The summed E-state index contributed by atoms with van der Waals surface area (Å²) in [5.41, 5.74) is 2.56. The number of rotatable bonds is 5. The molecule has 0 radical (unpaired) electrons. The molecule has 1 N–H and O–H groups in total. The number of hydrogen-bond acceptors (Lipinski definition) is 6. The number of carbonyl (C=O) groups excluding carboxylic acids is 1. The minimum atomic E-state index is -3.65. The number of aromatic nitrogens is 2. The average molecular weight is 417 g/mol. The number of piperidine rings is 1. The van der Waals surface area contributed by atoms with Gasteiger partial charge in [0.05, 0.1) is 11.4 Å². The lowest BCUT2D eigenvalue weighted by atomic mass is 10.0. The minimum Gasteiger partial charge on any atom is -0.459 e. The van der Waals surface area contributed by atoms with Crippen LogP contribution < -0.4 is 10.1 Å². The summed E-state index contributed by atoms with van der Waals surface area (Å²) in [6.45, 7) is 2.73. The first-order valence-electron chi connectivity index (χ1n) is 9.86. The second-order valence-corrected chi connectivity index (χ2v) is 9.28. The number of anilines is 1. The van der Waals surface area contributed by atoms with Gasteiger partial charge >= 0.3 is 6.01 Å². The van der Waals surface area contributed by atoms with E-state index in [1.807, 2.05) is 6.92 Å². The average Bonchev–Trinajstić information content (AvgIpc) is 2.74. The Balaban J connectivity index is 1.48. The Labute approximate surface area is 170 Å². The van der Waals surface area contributed by atoms with Gasteiger partial charge in [0.2, 0.25) is 15.9 Å². The van der Waals surface area contributed by atoms with Gasteiger partial charge < -0.3 is 10.1 Å². The monoisotopic (exact) mass is 416 g/mol. The lowest BCUT2D eigenvalue weighted by Crippen LogP contribution is -2.44. The second-order valence-electron chi connectivity index (χ2n) is 7.34. The Kier molecular flexibility index (Phi) is 5.51. The molecule has 4 rings (SSSR count). The Hall–Kier alpha value is -2.52. The lowest BCUT2D eigenvalue weighted by Gasteiger charge is -2.31. The third-order valence-electron chi connectivity index (χ3n) is 5.31. The molecule has 0 aliphatic carbocycles. The number of nitrogens with one attached hydrogen (secondary N) is 1. The maximum atomic E-state index is 13.2. The number of sulfonamides is 1. The van der Waals surface area contributed by atoms with Gasteiger partial charge in [-0.2, -0.15) is 4.31 Å². The van der Waals surface area contributed by atoms with Crippen molar-refractivity contribution >= 4 is 21.6 Å². The lowest BCUT2D eigenvalue weighted by molar-refractivity contribution is -0.116. The summed E-state index contributed by atoms with van der Waals surface area (Å²) in [7, 11) is -3.65. The van der Waals surface area contributed by atoms with Gasteiger partial charge in [-0.1, -0.05) is 6.92 Å². The smallest absolute Gasteiger partial charge is 0.316 e. The molecular formula is C20H24N4O4S. The molecule has 0 bridgehead atoms. The summed E-state index contributed by atoms with van der Waals surface area (Å²) < 4.78 is 33.6. The molecule has 8 nitrogen and oxygen atoms in total. The number of ether oxygens (including phenoxy) is 1. The number of hydrogen-bond donors (Lipinski definition) is 1. The van der Waals surface area contributed by atoms with E-state index in [1.165, 1.54) is 4.31 Å². The van der Waals surface area contributed by atoms with Crippen LogP contribution >= 0.6 is 0 Å². The van der Waals surface area contributed by atoms with E-state index in [9.17, 15) is 13.2 Å². The van der Waals surface area contributed by atoms with E-state index in [-0.39, 0.29) is 29.5 Å². The third kappa shape index (κ3) is 4.25. The van der Waals surface area contributed by atoms with E-state index in [0.717, 1.165) is 24.0 Å². The normalized spacial score (nSPS) is 20.0. The van der Waals surface area contributed by atoms with Crippen LogP contribution in [0.15, 0.2) is 35.5 Å². The molecule has 2 aromatic rings. The Morgan fingerprint density at radius 2 is 2.03 bits per heavy atom. The largest absolute Gasteiger partial charge is 0.459 e. The number of amides is 1. The van der Waals surface area contributed by atoms with Crippen LogP contribution in [0.2, 0.25) is 0 Å². The van der Waals surface area contributed by atoms with Gasteiger partial charge in [-0.25, -0.2) is 18.4 Å². The molecule has 2 aliphatic heterocycles. The quantitative estimate of drug-likeness (QED) is 0.801. The van der Waals surface area contributed by atoms with Crippen molar-refractivity contribution in [2.24, 2.45) is 0 Å². The van der Waals surface area contributed by atoms with Crippen LogP contribution in [0.25, 0.3) is 0 Å². The first kappa shape index (κ1) is 19.8. The fourth-order valence-corrected chi connectivity index (χ4v) is 5.19. The summed E-state index contributed by atoms with van der Waals surface area (Å²) in [5, 5.41) is 2.78. The van der Waals surface area contributed by atoms with Crippen LogP contribution in [-0.2, 0) is 27.7 Å². The van der Waals surface area contributed by atoms with Crippen molar-refractivity contribution in [2.75, 3.05) is 18.4 Å². The molecule has 154 valence electrons. The summed E-state index contributed by atoms with van der Waals surface area (Å²) in [5.74, 6) is -0.0432. The fourth-order valence-electron chi connectivity index (χ4n) is 3.62. The van der Waals surface area contributed by atoms with Crippen LogP contribution in [0.1, 0.15) is 37.3 Å². The molecule has 0 spiro atoms. The van der Waals surface area contributed by atoms with Gasteiger partial charge in [-0.15, -0.1) is 0 Å². The second kappa shape index (κ2) is 8.08. The maximum Gasteiger partial charge on any atom is 0.316 e. The molecule has 1 fully saturated rings. The molecule has 1 atom stereocenters. The van der Waals surface area contributed by atoms with Crippen molar-refractivity contribution in [1.82, 2.24) is 14.3 Å². The SMILES string of the molecule is CCc1cnc(OC2CCCN(S(=O)(=O)c3ccc4c(c3)CCC(=O)N4)C2)nc1. The summed E-state index contributed by atoms with van der Waals surface area (Å²) in [4.78, 5) is 20.2. The van der Waals surface area contributed by atoms with Crippen LogP contribution in [0.5, 0.6) is 6.01 Å². The van der Waals surface area contributed by atoms with Gasteiger partial charge in [-0.05, 0) is 55.0 Å². The van der Waals surface area contributed by atoms with E-state index in [0.29, 0.717) is 31.5 Å². The predicted octanol–water partition coefficient (Wildman–Crippen LogP) is 2.16. The van der Waals surface area contributed by atoms with Gasteiger partial charge in [0.15, 0.2) is 0 Å². The van der Waals surface area contributed by atoms with E-state index >= 15 is 0 Å². The highest BCUT2D eigenvalue weighted by Gasteiger charge is 2.32. The summed E-state index contributed by atoms with van der Waals surface area (Å²) in [6, 6.07) is 5.16. The number of aryl methyl sites for hydroxylation is 2. The van der Waals surface area contributed by atoms with E-state index in [4.69, 9.17) is 4.74 Å². The van der Waals surface area contributed by atoms with E-state index in [2.05, 4.69) is 15.3 Å². The van der Waals surface area contributed by atoms with E-state index in [1.54, 1.807) is 30.6 Å². The molecule has 29 heavy (non-hydrogen) atoms. The van der Waals surface area contributed by atoms with Crippen molar-refractivity contribution in [1.29, 1.82) is 0 Å². The topological polar surface area (TPSA) is 101 Å². The van der Waals surface area contributed by atoms with Gasteiger partial charge in [-0.3, -0.25) is 4.79 Å². The molecule has 1 amide bonds. The summed E-state index contributed by atoms with van der Waals surface area (Å²) >= 11 is 0. The van der Waals surface area contributed by atoms with E-state index < -0.39 is 10.0 Å². The summed E-state index contributed by atoms with van der Waals surface area (Å²) in [6.07, 6.45) is 6.38. The van der Waals surface area contributed by atoms with Crippen LogP contribution in [-0.4, -0.2) is 47.8 Å². The molecule has 1 aromatic carbocycles. The molecule has 2 aliphatic rings. The minimum absolute atomic E-state index is 0.0432. The molecule has 3 heterocycles. The number of carbonyl (C=O) groups is 1. The fraction of sp³-hybridized carbons (Fsp3) is 0.450.